The highest BCUT2D eigenvalue weighted by Gasteiger charge is 2.27. The molecule has 5 nitrogen and oxygen atoms in total. The molecule has 0 aliphatic rings. The molecule has 0 aliphatic heterocycles. The van der Waals surface area contributed by atoms with Crippen molar-refractivity contribution < 1.29 is 32.2 Å². The maximum Gasteiger partial charge on any atom is 0.411 e. The number of carbonyl (C=O) groups excluding carboxylic acids is 1. The lowest BCUT2D eigenvalue weighted by molar-refractivity contribution is -0.175. The maximum atomic E-state index is 11.9. The Bertz CT molecular complexity index is 491. The fourth-order valence-electron chi connectivity index (χ4n) is 1.61. The van der Waals surface area contributed by atoms with E-state index in [1.807, 2.05) is 6.92 Å². The van der Waals surface area contributed by atoms with E-state index in [1.54, 1.807) is 18.2 Å². The van der Waals surface area contributed by atoms with Gasteiger partial charge >= 0.3 is 6.18 Å². The maximum absolute atomic E-state index is 11.9. The molecule has 0 fully saturated rings. The fraction of sp³-hybridized carbons (Fsp3) is 0.500. The summed E-state index contributed by atoms with van der Waals surface area (Å²) < 4.78 is 50.4. The number of rotatable bonds is 8. The Morgan fingerprint density at radius 2 is 2.00 bits per heavy atom. The summed E-state index contributed by atoms with van der Waals surface area (Å²) in [6.45, 7) is 0.388. The minimum absolute atomic E-state index is 0.150. The summed E-state index contributed by atoms with van der Waals surface area (Å²) in [5.74, 6) is 0.465. The highest BCUT2D eigenvalue weighted by molar-refractivity contribution is 5.77. The van der Waals surface area contributed by atoms with E-state index in [-0.39, 0.29) is 6.54 Å². The first-order valence-corrected chi connectivity index (χ1v) is 6.56. The molecular formula is C14H18F3NO4. The molecule has 0 aliphatic carbocycles. The number of ether oxygens (including phenoxy) is 3. The summed E-state index contributed by atoms with van der Waals surface area (Å²) in [6.07, 6.45) is -4.44. The van der Waals surface area contributed by atoms with Crippen molar-refractivity contribution in [2.75, 3.05) is 26.9 Å². The predicted molar refractivity (Wildman–Crippen MR) is 72.9 cm³/mol. The van der Waals surface area contributed by atoms with Crippen LogP contribution in [0.25, 0.3) is 0 Å². The molecule has 0 saturated heterocycles. The van der Waals surface area contributed by atoms with Gasteiger partial charge in [0.25, 0.3) is 0 Å². The SMILES string of the molecule is CCOc1ccc(CNC(=O)COCC(F)(F)F)cc1OC. The van der Waals surface area contributed by atoms with Crippen molar-refractivity contribution in [2.24, 2.45) is 0 Å². The van der Waals surface area contributed by atoms with E-state index in [0.717, 1.165) is 5.56 Å². The van der Waals surface area contributed by atoms with E-state index in [9.17, 15) is 18.0 Å². The van der Waals surface area contributed by atoms with Gasteiger partial charge in [0.05, 0.1) is 13.7 Å². The summed E-state index contributed by atoms with van der Waals surface area (Å²) in [5.41, 5.74) is 0.726. The minimum atomic E-state index is -4.44. The molecule has 0 radical (unpaired) electrons. The first kappa shape index (κ1) is 18.1. The number of hydrogen-bond donors (Lipinski definition) is 1. The molecule has 22 heavy (non-hydrogen) atoms. The highest BCUT2D eigenvalue weighted by Crippen LogP contribution is 2.27. The molecule has 0 spiro atoms. The van der Waals surface area contributed by atoms with Gasteiger partial charge < -0.3 is 19.5 Å². The molecule has 0 aromatic heterocycles. The molecule has 1 rings (SSSR count). The van der Waals surface area contributed by atoms with Gasteiger partial charge in [-0.05, 0) is 24.6 Å². The minimum Gasteiger partial charge on any atom is -0.493 e. The van der Waals surface area contributed by atoms with Gasteiger partial charge in [0.1, 0.15) is 13.2 Å². The van der Waals surface area contributed by atoms with Gasteiger partial charge in [-0.25, -0.2) is 0 Å². The van der Waals surface area contributed by atoms with Crippen molar-refractivity contribution >= 4 is 5.91 Å². The number of alkyl halides is 3. The smallest absolute Gasteiger partial charge is 0.411 e. The van der Waals surface area contributed by atoms with Gasteiger partial charge in [-0.2, -0.15) is 13.2 Å². The van der Waals surface area contributed by atoms with Crippen LogP contribution in [0.4, 0.5) is 13.2 Å². The summed E-state index contributed by atoms with van der Waals surface area (Å²) in [6, 6.07) is 5.11. The molecule has 0 unspecified atom stereocenters. The Kier molecular flexibility index (Phi) is 6.97. The third kappa shape index (κ3) is 6.66. The zero-order valence-corrected chi connectivity index (χ0v) is 12.3. The molecule has 1 N–H and O–H groups in total. The number of halogens is 3. The normalized spacial score (nSPS) is 11.1. The average molecular weight is 321 g/mol. The molecule has 0 bridgehead atoms. The summed E-state index contributed by atoms with van der Waals surface area (Å²) >= 11 is 0. The van der Waals surface area contributed by atoms with Gasteiger partial charge in [0, 0.05) is 6.54 Å². The van der Waals surface area contributed by atoms with E-state index in [1.165, 1.54) is 7.11 Å². The Morgan fingerprint density at radius 1 is 1.27 bits per heavy atom. The standard InChI is InChI=1S/C14H18F3NO4/c1-3-22-11-5-4-10(6-12(11)20-2)7-18-13(19)8-21-9-14(15,16)17/h4-6H,3,7-9H2,1-2H3,(H,18,19). The Labute approximate surface area is 126 Å². The molecular weight excluding hydrogens is 303 g/mol. The van der Waals surface area contributed by atoms with Gasteiger partial charge in [-0.15, -0.1) is 0 Å². The number of benzene rings is 1. The third-order valence-electron chi connectivity index (χ3n) is 2.52. The number of amides is 1. The first-order chi connectivity index (χ1) is 10.4. The van der Waals surface area contributed by atoms with E-state index in [0.29, 0.717) is 18.1 Å². The lowest BCUT2D eigenvalue weighted by Crippen LogP contribution is -2.29. The van der Waals surface area contributed by atoms with E-state index >= 15 is 0 Å². The summed E-state index contributed by atoms with van der Waals surface area (Å²) in [5, 5.41) is 2.46. The molecule has 8 heteroatoms. The molecule has 0 heterocycles. The second-order valence-electron chi connectivity index (χ2n) is 4.30. The van der Waals surface area contributed by atoms with Crippen LogP contribution < -0.4 is 14.8 Å². The number of hydrogen-bond acceptors (Lipinski definition) is 4. The Morgan fingerprint density at radius 3 is 2.59 bits per heavy atom. The van der Waals surface area contributed by atoms with E-state index in [4.69, 9.17) is 9.47 Å². The van der Waals surface area contributed by atoms with Crippen LogP contribution in [0.3, 0.4) is 0 Å². The highest BCUT2D eigenvalue weighted by atomic mass is 19.4. The monoisotopic (exact) mass is 321 g/mol. The largest absolute Gasteiger partial charge is 0.493 e. The second-order valence-corrected chi connectivity index (χ2v) is 4.30. The average Bonchev–Trinajstić information content (AvgIpc) is 2.45. The van der Waals surface area contributed by atoms with Crippen LogP contribution in [0.2, 0.25) is 0 Å². The number of nitrogens with one attached hydrogen (secondary N) is 1. The van der Waals surface area contributed by atoms with Crippen molar-refractivity contribution in [2.45, 2.75) is 19.6 Å². The number of carbonyl (C=O) groups is 1. The van der Waals surface area contributed by atoms with Crippen molar-refractivity contribution in [3.63, 3.8) is 0 Å². The van der Waals surface area contributed by atoms with Gasteiger partial charge in [-0.1, -0.05) is 6.07 Å². The van der Waals surface area contributed by atoms with Crippen LogP contribution in [-0.2, 0) is 16.1 Å². The van der Waals surface area contributed by atoms with Crippen molar-refractivity contribution in [3.8, 4) is 11.5 Å². The predicted octanol–water partition coefficient (Wildman–Crippen LogP) is 2.29. The van der Waals surface area contributed by atoms with Gasteiger partial charge in [0.2, 0.25) is 5.91 Å². The Balaban J connectivity index is 2.45. The quantitative estimate of drug-likeness (QED) is 0.798. The fourth-order valence-corrected chi connectivity index (χ4v) is 1.61. The van der Waals surface area contributed by atoms with Crippen LogP contribution in [0.5, 0.6) is 11.5 Å². The molecule has 1 aromatic rings. The summed E-state index contributed by atoms with van der Waals surface area (Å²) in [7, 11) is 1.49. The topological polar surface area (TPSA) is 56.8 Å². The first-order valence-electron chi connectivity index (χ1n) is 6.56. The van der Waals surface area contributed by atoms with Crippen LogP contribution >= 0.6 is 0 Å². The van der Waals surface area contributed by atoms with Crippen LogP contribution in [0.1, 0.15) is 12.5 Å². The van der Waals surface area contributed by atoms with Gasteiger partial charge in [0.15, 0.2) is 11.5 Å². The lowest BCUT2D eigenvalue weighted by atomic mass is 10.2. The molecule has 124 valence electrons. The van der Waals surface area contributed by atoms with E-state index < -0.39 is 25.3 Å². The molecule has 1 amide bonds. The number of methoxy groups -OCH3 is 1. The van der Waals surface area contributed by atoms with Crippen LogP contribution in [-0.4, -0.2) is 39.0 Å². The lowest BCUT2D eigenvalue weighted by Gasteiger charge is -2.12. The third-order valence-corrected chi connectivity index (χ3v) is 2.52. The zero-order chi connectivity index (χ0) is 16.6. The molecule has 0 saturated carbocycles. The van der Waals surface area contributed by atoms with E-state index in [2.05, 4.69) is 10.1 Å². The molecule has 0 atom stereocenters. The second kappa shape index (κ2) is 8.47. The van der Waals surface area contributed by atoms with Crippen molar-refractivity contribution in [1.29, 1.82) is 0 Å². The van der Waals surface area contributed by atoms with Crippen LogP contribution in [0.15, 0.2) is 18.2 Å². The van der Waals surface area contributed by atoms with Crippen molar-refractivity contribution in [3.05, 3.63) is 23.8 Å². The van der Waals surface area contributed by atoms with Crippen LogP contribution in [0, 0.1) is 0 Å². The van der Waals surface area contributed by atoms with Crippen molar-refractivity contribution in [1.82, 2.24) is 5.32 Å². The zero-order valence-electron chi connectivity index (χ0n) is 12.3. The van der Waals surface area contributed by atoms with Gasteiger partial charge in [-0.3, -0.25) is 4.79 Å². The molecule has 1 aromatic carbocycles. The summed E-state index contributed by atoms with van der Waals surface area (Å²) in [4.78, 5) is 11.4. The Hall–Kier alpha value is -1.96.